The molecule has 0 aliphatic heterocycles. The molecule has 1 N–H and O–H groups in total. The molecule has 0 saturated heterocycles. The van der Waals surface area contributed by atoms with Crippen LogP contribution in [0.2, 0.25) is 0 Å². The third-order valence-electron chi connectivity index (χ3n) is 1.32. The molecule has 1 atom stereocenters. The number of carbonyl (C=O) groups excluding carboxylic acids is 2. The Bertz CT molecular complexity index is 184. The monoisotopic (exact) mass is 207 g/mol. The molecule has 4 nitrogen and oxygen atoms in total. The van der Waals surface area contributed by atoms with Crippen LogP contribution in [-0.4, -0.2) is 30.4 Å². The summed E-state index contributed by atoms with van der Waals surface area (Å²) in [4.78, 5) is 21.7. The quantitative estimate of drug-likeness (QED) is 0.692. The summed E-state index contributed by atoms with van der Waals surface area (Å²) in [6.45, 7) is 3.76. The summed E-state index contributed by atoms with van der Waals surface area (Å²) in [5, 5.41) is 2.51. The zero-order chi connectivity index (χ0) is 10.3. The molecule has 0 aliphatic carbocycles. The van der Waals surface area contributed by atoms with Gasteiger partial charge in [-0.2, -0.15) is 0 Å². The number of hydrogen-bond donors (Lipinski definition) is 1. The highest BCUT2D eigenvalue weighted by molar-refractivity contribution is 6.27. The van der Waals surface area contributed by atoms with Crippen LogP contribution in [0.4, 0.5) is 4.79 Å². The topological polar surface area (TPSA) is 55.4 Å². The molecule has 0 aromatic rings. The Morgan fingerprint density at radius 1 is 1.54 bits per heavy atom. The van der Waals surface area contributed by atoms with E-state index in [1.54, 1.807) is 13.8 Å². The SMILES string of the molecule is CCOC(=O)NC(C)CC(=O)CCl. The van der Waals surface area contributed by atoms with Crippen molar-refractivity contribution in [1.82, 2.24) is 5.32 Å². The molecule has 0 aliphatic rings. The van der Waals surface area contributed by atoms with Crippen LogP contribution in [0, 0.1) is 0 Å². The molecular weight excluding hydrogens is 194 g/mol. The summed E-state index contributed by atoms with van der Waals surface area (Å²) in [5.74, 6) is -0.111. The van der Waals surface area contributed by atoms with Crippen molar-refractivity contribution in [2.45, 2.75) is 26.3 Å². The minimum absolute atomic E-state index is 0.0190. The largest absolute Gasteiger partial charge is 0.450 e. The number of ether oxygens (including phenoxy) is 1. The van der Waals surface area contributed by atoms with Crippen LogP contribution in [0.25, 0.3) is 0 Å². The smallest absolute Gasteiger partial charge is 0.407 e. The van der Waals surface area contributed by atoms with Crippen molar-refractivity contribution in [3.8, 4) is 0 Å². The third-order valence-corrected chi connectivity index (χ3v) is 1.62. The Balaban J connectivity index is 3.67. The van der Waals surface area contributed by atoms with E-state index >= 15 is 0 Å². The van der Waals surface area contributed by atoms with Gasteiger partial charge in [-0.25, -0.2) is 4.79 Å². The first kappa shape index (κ1) is 12.2. The lowest BCUT2D eigenvalue weighted by Crippen LogP contribution is -2.34. The van der Waals surface area contributed by atoms with Gasteiger partial charge in [0.1, 0.15) is 5.78 Å². The van der Waals surface area contributed by atoms with E-state index in [1.165, 1.54) is 0 Å². The molecular formula is C8H14ClNO3. The minimum Gasteiger partial charge on any atom is -0.450 e. The standard InChI is InChI=1S/C8H14ClNO3/c1-3-13-8(12)10-6(2)4-7(11)5-9/h6H,3-5H2,1-2H3,(H,10,12). The lowest BCUT2D eigenvalue weighted by molar-refractivity contribution is -0.117. The molecule has 0 bridgehead atoms. The maximum atomic E-state index is 10.8. The number of nitrogens with one attached hydrogen (secondary N) is 1. The summed E-state index contributed by atoms with van der Waals surface area (Å²) in [6, 6.07) is -0.231. The number of carbonyl (C=O) groups is 2. The van der Waals surface area contributed by atoms with Gasteiger partial charge in [-0.3, -0.25) is 4.79 Å². The van der Waals surface area contributed by atoms with E-state index in [0.29, 0.717) is 6.61 Å². The van der Waals surface area contributed by atoms with Crippen molar-refractivity contribution < 1.29 is 14.3 Å². The van der Waals surface area contributed by atoms with Gasteiger partial charge < -0.3 is 10.1 Å². The Labute approximate surface area is 82.6 Å². The number of Topliss-reactive ketones (excluding diaryl/α,β-unsaturated/α-hetero) is 1. The summed E-state index contributed by atoms with van der Waals surface area (Å²) in [6.07, 6.45) is -0.264. The van der Waals surface area contributed by atoms with Crippen molar-refractivity contribution in [2.75, 3.05) is 12.5 Å². The number of hydrogen-bond acceptors (Lipinski definition) is 3. The van der Waals surface area contributed by atoms with Crippen LogP contribution < -0.4 is 5.32 Å². The number of ketones is 1. The van der Waals surface area contributed by atoms with Crippen LogP contribution in [0.1, 0.15) is 20.3 Å². The third kappa shape index (κ3) is 6.40. The van der Waals surface area contributed by atoms with Gasteiger partial charge in [-0.05, 0) is 13.8 Å². The number of amides is 1. The van der Waals surface area contributed by atoms with Gasteiger partial charge in [-0.15, -0.1) is 11.6 Å². The van der Waals surface area contributed by atoms with Gasteiger partial charge in [-0.1, -0.05) is 0 Å². The zero-order valence-corrected chi connectivity index (χ0v) is 8.56. The van der Waals surface area contributed by atoms with Crippen molar-refractivity contribution in [3.63, 3.8) is 0 Å². The highest BCUT2D eigenvalue weighted by Gasteiger charge is 2.10. The molecule has 0 fully saturated rings. The second-order valence-corrected chi connectivity index (χ2v) is 2.91. The van der Waals surface area contributed by atoms with Gasteiger partial charge in [0.05, 0.1) is 12.5 Å². The molecule has 13 heavy (non-hydrogen) atoms. The van der Waals surface area contributed by atoms with Crippen LogP contribution in [0.15, 0.2) is 0 Å². The molecule has 0 aromatic heterocycles. The number of halogens is 1. The number of alkyl halides is 1. The maximum absolute atomic E-state index is 10.8. The van der Waals surface area contributed by atoms with E-state index in [-0.39, 0.29) is 24.1 Å². The average molecular weight is 208 g/mol. The molecule has 0 saturated carbocycles. The second-order valence-electron chi connectivity index (χ2n) is 2.64. The Kier molecular flexibility index (Phi) is 6.32. The molecule has 76 valence electrons. The van der Waals surface area contributed by atoms with Crippen LogP contribution >= 0.6 is 11.6 Å². The highest BCUT2D eigenvalue weighted by atomic mass is 35.5. The van der Waals surface area contributed by atoms with E-state index in [1.807, 2.05) is 0 Å². The van der Waals surface area contributed by atoms with Gasteiger partial charge in [0.2, 0.25) is 0 Å². The molecule has 0 heterocycles. The second kappa shape index (κ2) is 6.71. The van der Waals surface area contributed by atoms with E-state index < -0.39 is 6.09 Å². The summed E-state index contributed by atoms with van der Waals surface area (Å²) < 4.78 is 4.63. The van der Waals surface area contributed by atoms with Crippen molar-refractivity contribution in [1.29, 1.82) is 0 Å². The van der Waals surface area contributed by atoms with Crippen molar-refractivity contribution in [2.24, 2.45) is 0 Å². The fourth-order valence-corrected chi connectivity index (χ4v) is 0.930. The van der Waals surface area contributed by atoms with Crippen molar-refractivity contribution >= 4 is 23.5 Å². The number of rotatable bonds is 5. The average Bonchev–Trinajstić information content (AvgIpc) is 2.04. The highest BCUT2D eigenvalue weighted by Crippen LogP contribution is 1.94. The minimum atomic E-state index is -0.502. The molecule has 1 unspecified atom stereocenters. The first-order chi connectivity index (χ1) is 6.10. The van der Waals surface area contributed by atoms with Gasteiger partial charge in [0, 0.05) is 12.5 Å². The molecule has 0 rings (SSSR count). The van der Waals surface area contributed by atoms with E-state index in [0.717, 1.165) is 0 Å². The van der Waals surface area contributed by atoms with Crippen LogP contribution in [0.3, 0.4) is 0 Å². The summed E-state index contributed by atoms with van der Waals surface area (Å²) in [5.41, 5.74) is 0. The van der Waals surface area contributed by atoms with Crippen molar-refractivity contribution in [3.05, 3.63) is 0 Å². The lowest BCUT2D eigenvalue weighted by Gasteiger charge is -2.11. The fraction of sp³-hybridized carbons (Fsp3) is 0.750. The normalized spacial score (nSPS) is 11.9. The fourth-order valence-electron chi connectivity index (χ4n) is 0.821. The Morgan fingerprint density at radius 2 is 2.15 bits per heavy atom. The molecule has 0 aromatic carbocycles. The van der Waals surface area contributed by atoms with E-state index in [9.17, 15) is 9.59 Å². The summed E-state index contributed by atoms with van der Waals surface area (Å²) in [7, 11) is 0. The van der Waals surface area contributed by atoms with Crippen LogP contribution in [-0.2, 0) is 9.53 Å². The van der Waals surface area contributed by atoms with Gasteiger partial charge in [0.25, 0.3) is 0 Å². The predicted molar refractivity (Wildman–Crippen MR) is 50.0 cm³/mol. The zero-order valence-electron chi connectivity index (χ0n) is 7.80. The first-order valence-electron chi connectivity index (χ1n) is 4.11. The first-order valence-corrected chi connectivity index (χ1v) is 4.64. The van der Waals surface area contributed by atoms with Crippen LogP contribution in [0.5, 0.6) is 0 Å². The molecule has 0 radical (unpaired) electrons. The Hall–Kier alpha value is -0.770. The van der Waals surface area contributed by atoms with Gasteiger partial charge in [0.15, 0.2) is 0 Å². The summed E-state index contributed by atoms with van der Waals surface area (Å²) >= 11 is 5.30. The van der Waals surface area contributed by atoms with E-state index in [4.69, 9.17) is 11.6 Å². The maximum Gasteiger partial charge on any atom is 0.407 e. The molecule has 1 amide bonds. The number of alkyl carbamates (subject to hydrolysis) is 1. The predicted octanol–water partition coefficient (Wildman–Crippen LogP) is 1.32. The van der Waals surface area contributed by atoms with Gasteiger partial charge >= 0.3 is 6.09 Å². The molecule has 0 spiro atoms. The Morgan fingerprint density at radius 3 is 2.62 bits per heavy atom. The lowest BCUT2D eigenvalue weighted by atomic mass is 10.2. The van der Waals surface area contributed by atoms with E-state index in [2.05, 4.69) is 10.1 Å². The molecule has 5 heteroatoms.